The Bertz CT molecular complexity index is 457. The summed E-state index contributed by atoms with van der Waals surface area (Å²) in [4.78, 5) is 1.93. The van der Waals surface area contributed by atoms with Crippen molar-refractivity contribution in [3.63, 3.8) is 0 Å². The molecule has 2 nitrogen and oxygen atoms in total. The molecule has 1 fully saturated rings. The van der Waals surface area contributed by atoms with Crippen molar-refractivity contribution in [3.05, 3.63) is 35.9 Å². The van der Waals surface area contributed by atoms with Crippen molar-refractivity contribution < 1.29 is 8.78 Å². The van der Waals surface area contributed by atoms with Crippen molar-refractivity contribution >= 4 is 0 Å². The minimum absolute atomic E-state index is 0.0976. The quantitative estimate of drug-likeness (QED) is 0.915. The number of rotatable bonds is 4. The summed E-state index contributed by atoms with van der Waals surface area (Å²) < 4.78 is 29.1. The van der Waals surface area contributed by atoms with Crippen molar-refractivity contribution in [1.29, 1.82) is 0 Å². The topological polar surface area (TPSA) is 15.3 Å². The van der Waals surface area contributed by atoms with Crippen LogP contribution in [0.3, 0.4) is 0 Å². The molecule has 4 heteroatoms. The second kappa shape index (κ2) is 6.01. The van der Waals surface area contributed by atoms with Gasteiger partial charge in [0.05, 0.1) is 6.54 Å². The van der Waals surface area contributed by atoms with Crippen LogP contribution < -0.4 is 5.32 Å². The summed E-state index contributed by atoms with van der Waals surface area (Å²) in [6, 6.07) is 8.39. The SMILES string of the molecule is CC(C)C1CN(CC(F)(F)c2ccccc2)C(C)(C)CN1. The molecule has 0 aliphatic carbocycles. The molecule has 1 atom stereocenters. The molecule has 0 radical (unpaired) electrons. The zero-order valence-corrected chi connectivity index (χ0v) is 13.4. The molecular formula is C17H26F2N2. The second-order valence-corrected chi connectivity index (χ2v) is 6.99. The van der Waals surface area contributed by atoms with Gasteiger partial charge in [-0.15, -0.1) is 0 Å². The number of benzene rings is 1. The van der Waals surface area contributed by atoms with Crippen LogP contribution in [0, 0.1) is 5.92 Å². The summed E-state index contributed by atoms with van der Waals surface area (Å²) in [6.45, 7) is 9.48. The zero-order valence-electron chi connectivity index (χ0n) is 13.4. The van der Waals surface area contributed by atoms with Crippen molar-refractivity contribution in [1.82, 2.24) is 10.2 Å². The van der Waals surface area contributed by atoms with Crippen LogP contribution in [0.4, 0.5) is 8.78 Å². The third-order valence-electron chi connectivity index (χ3n) is 4.46. The maximum Gasteiger partial charge on any atom is 0.285 e. The average molecular weight is 296 g/mol. The average Bonchev–Trinajstić information content (AvgIpc) is 2.41. The summed E-state index contributed by atoms with van der Waals surface area (Å²) in [6.07, 6.45) is 0. The van der Waals surface area contributed by atoms with E-state index in [1.807, 2.05) is 18.7 Å². The number of hydrogen-bond acceptors (Lipinski definition) is 2. The first-order valence-electron chi connectivity index (χ1n) is 7.64. The largest absolute Gasteiger partial charge is 0.311 e. The van der Waals surface area contributed by atoms with Gasteiger partial charge in [0.1, 0.15) is 0 Å². The predicted molar refractivity (Wildman–Crippen MR) is 82.6 cm³/mol. The zero-order chi connectivity index (χ0) is 15.7. The highest BCUT2D eigenvalue weighted by Crippen LogP contribution is 2.32. The molecule has 1 heterocycles. The van der Waals surface area contributed by atoms with E-state index in [-0.39, 0.29) is 23.7 Å². The highest BCUT2D eigenvalue weighted by molar-refractivity contribution is 5.20. The Balaban J connectivity index is 2.15. The number of halogens is 2. The molecular weight excluding hydrogens is 270 g/mol. The van der Waals surface area contributed by atoms with Gasteiger partial charge in [0.2, 0.25) is 0 Å². The summed E-state index contributed by atoms with van der Waals surface area (Å²) >= 11 is 0. The summed E-state index contributed by atoms with van der Waals surface area (Å²) in [5, 5.41) is 3.48. The lowest BCUT2D eigenvalue weighted by atomic mass is 9.92. The van der Waals surface area contributed by atoms with Crippen molar-refractivity contribution in [3.8, 4) is 0 Å². The number of hydrogen-bond donors (Lipinski definition) is 1. The molecule has 1 unspecified atom stereocenters. The second-order valence-electron chi connectivity index (χ2n) is 6.99. The fourth-order valence-electron chi connectivity index (χ4n) is 2.78. The van der Waals surface area contributed by atoms with Crippen molar-refractivity contribution in [2.45, 2.75) is 45.2 Å². The Morgan fingerprint density at radius 1 is 1.29 bits per heavy atom. The molecule has 2 rings (SSSR count). The van der Waals surface area contributed by atoms with E-state index in [2.05, 4.69) is 19.2 Å². The van der Waals surface area contributed by atoms with Gasteiger partial charge in [-0.3, -0.25) is 4.90 Å². The van der Waals surface area contributed by atoms with E-state index in [1.54, 1.807) is 18.2 Å². The standard InChI is InChI=1S/C17H26F2N2/c1-13(2)15-10-21(16(3,4)11-20-15)12-17(18,19)14-8-6-5-7-9-14/h5-9,13,15,20H,10-12H2,1-4H3. The minimum Gasteiger partial charge on any atom is -0.311 e. The molecule has 0 saturated carbocycles. The van der Waals surface area contributed by atoms with E-state index in [4.69, 9.17) is 0 Å². The Morgan fingerprint density at radius 2 is 1.90 bits per heavy atom. The monoisotopic (exact) mass is 296 g/mol. The molecule has 1 N–H and O–H groups in total. The minimum atomic E-state index is -2.82. The molecule has 0 bridgehead atoms. The lowest BCUT2D eigenvalue weighted by Gasteiger charge is -2.48. The van der Waals surface area contributed by atoms with Crippen LogP contribution in [0.1, 0.15) is 33.3 Å². The number of nitrogens with one attached hydrogen (secondary N) is 1. The fraction of sp³-hybridized carbons (Fsp3) is 0.647. The van der Waals surface area contributed by atoms with Gasteiger partial charge in [0.25, 0.3) is 5.92 Å². The van der Waals surface area contributed by atoms with Crippen LogP contribution in [0.15, 0.2) is 30.3 Å². The summed E-state index contributed by atoms with van der Waals surface area (Å²) in [7, 11) is 0. The van der Waals surface area contributed by atoms with Crippen molar-refractivity contribution in [2.24, 2.45) is 5.92 Å². The van der Waals surface area contributed by atoms with Crippen LogP contribution in [0.5, 0.6) is 0 Å². The van der Waals surface area contributed by atoms with Gasteiger partial charge in [-0.1, -0.05) is 44.2 Å². The van der Waals surface area contributed by atoms with Crippen LogP contribution in [-0.4, -0.2) is 36.1 Å². The molecule has 118 valence electrons. The Morgan fingerprint density at radius 3 is 2.48 bits per heavy atom. The number of alkyl halides is 2. The normalized spacial score (nSPS) is 23.5. The maximum atomic E-state index is 14.5. The Labute approximate surface area is 126 Å². The molecule has 21 heavy (non-hydrogen) atoms. The third-order valence-corrected chi connectivity index (χ3v) is 4.46. The number of nitrogens with zero attached hydrogens (tertiary/aromatic N) is 1. The predicted octanol–water partition coefficient (Wildman–Crippen LogP) is 3.49. The van der Waals surface area contributed by atoms with Crippen LogP contribution in [0.25, 0.3) is 0 Å². The van der Waals surface area contributed by atoms with Gasteiger partial charge in [-0.25, -0.2) is 0 Å². The first-order chi connectivity index (χ1) is 9.72. The summed E-state index contributed by atoms with van der Waals surface area (Å²) in [5.41, 5.74) is -0.163. The van der Waals surface area contributed by atoms with E-state index >= 15 is 0 Å². The molecule has 0 spiro atoms. The molecule has 1 aromatic carbocycles. The Hall–Kier alpha value is -1.00. The highest BCUT2D eigenvalue weighted by atomic mass is 19.3. The van der Waals surface area contributed by atoms with Gasteiger partial charge in [0.15, 0.2) is 0 Å². The molecule has 1 aliphatic heterocycles. The maximum absolute atomic E-state index is 14.5. The Kier molecular flexibility index (Phi) is 4.69. The van der Waals surface area contributed by atoms with Crippen LogP contribution in [-0.2, 0) is 5.92 Å². The van der Waals surface area contributed by atoms with E-state index in [9.17, 15) is 8.78 Å². The van der Waals surface area contributed by atoms with Gasteiger partial charge in [-0.05, 0) is 19.8 Å². The van der Waals surface area contributed by atoms with Crippen LogP contribution in [0.2, 0.25) is 0 Å². The molecule has 0 aromatic heterocycles. The highest BCUT2D eigenvalue weighted by Gasteiger charge is 2.42. The summed E-state index contributed by atoms with van der Waals surface area (Å²) in [5.74, 6) is -2.38. The first-order valence-corrected chi connectivity index (χ1v) is 7.64. The number of piperazine rings is 1. The van der Waals surface area contributed by atoms with E-state index in [1.165, 1.54) is 12.1 Å². The fourth-order valence-corrected chi connectivity index (χ4v) is 2.78. The lowest BCUT2D eigenvalue weighted by molar-refractivity contribution is -0.0752. The van der Waals surface area contributed by atoms with E-state index in [0.717, 1.165) is 6.54 Å². The van der Waals surface area contributed by atoms with Gasteiger partial charge < -0.3 is 5.32 Å². The first kappa shape index (κ1) is 16.4. The molecule has 0 amide bonds. The van der Waals surface area contributed by atoms with E-state index in [0.29, 0.717) is 12.5 Å². The molecule has 1 aliphatic rings. The molecule has 1 aromatic rings. The van der Waals surface area contributed by atoms with E-state index < -0.39 is 5.92 Å². The third kappa shape index (κ3) is 3.80. The van der Waals surface area contributed by atoms with Crippen molar-refractivity contribution in [2.75, 3.05) is 19.6 Å². The van der Waals surface area contributed by atoms with Crippen LogP contribution >= 0.6 is 0 Å². The van der Waals surface area contributed by atoms with Gasteiger partial charge in [0, 0.05) is 30.2 Å². The van der Waals surface area contributed by atoms with Gasteiger partial charge >= 0.3 is 0 Å². The lowest BCUT2D eigenvalue weighted by Crippen LogP contribution is -2.64. The smallest absolute Gasteiger partial charge is 0.285 e. The van der Waals surface area contributed by atoms with Gasteiger partial charge in [-0.2, -0.15) is 8.78 Å². The molecule has 1 saturated heterocycles.